The highest BCUT2D eigenvalue weighted by Crippen LogP contribution is 2.46. The van der Waals surface area contributed by atoms with Crippen molar-refractivity contribution < 1.29 is 4.74 Å². The number of hydrogen-bond donors (Lipinski definition) is 0. The van der Waals surface area contributed by atoms with E-state index in [9.17, 15) is 0 Å². The molecule has 2 saturated heterocycles. The van der Waals surface area contributed by atoms with Crippen LogP contribution >= 0.6 is 11.8 Å². The Morgan fingerprint density at radius 3 is 2.70 bits per heavy atom. The van der Waals surface area contributed by atoms with Gasteiger partial charge in [0.2, 0.25) is 0 Å². The quantitative estimate of drug-likeness (QED) is 0.493. The number of nitrogens with zero attached hydrogens (tertiary/aromatic N) is 1. The van der Waals surface area contributed by atoms with E-state index in [4.69, 9.17) is 10.00 Å². The second-order valence-corrected chi connectivity index (χ2v) is 4.03. The number of thioether (sulfide) groups is 1. The number of hydrogen-bond acceptors (Lipinski definition) is 3. The van der Waals surface area contributed by atoms with Gasteiger partial charge in [0, 0.05) is 0 Å². The zero-order chi connectivity index (χ0) is 7.03. The van der Waals surface area contributed by atoms with Gasteiger partial charge in [0.15, 0.2) is 6.10 Å². The Hall–Kier alpha value is -0.200. The normalized spacial score (nSPS) is 35.3. The second kappa shape index (κ2) is 2.14. The van der Waals surface area contributed by atoms with Crippen molar-refractivity contribution in [1.82, 2.24) is 0 Å². The van der Waals surface area contributed by atoms with Gasteiger partial charge in [-0.05, 0) is 24.3 Å². The van der Waals surface area contributed by atoms with Crippen molar-refractivity contribution >= 4 is 11.8 Å². The SMILES string of the molecule is N#CC1OC12CCSCC2. The molecule has 2 heterocycles. The first kappa shape index (κ1) is 6.51. The average molecular weight is 155 g/mol. The van der Waals surface area contributed by atoms with E-state index in [1.165, 1.54) is 0 Å². The van der Waals surface area contributed by atoms with Crippen LogP contribution in [0.2, 0.25) is 0 Å². The lowest BCUT2D eigenvalue weighted by Gasteiger charge is -2.16. The average Bonchev–Trinajstić information content (AvgIpc) is 2.65. The Morgan fingerprint density at radius 1 is 1.50 bits per heavy atom. The molecule has 54 valence electrons. The highest BCUT2D eigenvalue weighted by molar-refractivity contribution is 7.99. The largest absolute Gasteiger partial charge is 0.350 e. The Labute approximate surface area is 64.5 Å². The van der Waals surface area contributed by atoms with Crippen LogP contribution in [0.3, 0.4) is 0 Å². The van der Waals surface area contributed by atoms with Gasteiger partial charge in [-0.15, -0.1) is 0 Å². The molecule has 2 fully saturated rings. The molecular formula is C7H9NOS. The molecule has 0 saturated carbocycles. The molecule has 0 bridgehead atoms. The van der Waals surface area contributed by atoms with Crippen molar-refractivity contribution in [3.63, 3.8) is 0 Å². The van der Waals surface area contributed by atoms with Gasteiger partial charge in [-0.3, -0.25) is 0 Å². The van der Waals surface area contributed by atoms with E-state index in [0.29, 0.717) is 0 Å². The molecular weight excluding hydrogens is 146 g/mol. The van der Waals surface area contributed by atoms with E-state index in [0.717, 1.165) is 24.3 Å². The predicted octanol–water partition coefficient (Wildman–Crippen LogP) is 1.17. The fourth-order valence-corrected chi connectivity index (χ4v) is 2.63. The molecule has 1 atom stereocenters. The molecule has 0 aromatic heterocycles. The van der Waals surface area contributed by atoms with Crippen molar-refractivity contribution in [3.8, 4) is 6.07 Å². The first-order chi connectivity index (χ1) is 4.87. The van der Waals surface area contributed by atoms with Gasteiger partial charge in [0.1, 0.15) is 5.60 Å². The lowest BCUT2D eigenvalue weighted by Crippen LogP contribution is -2.21. The maximum atomic E-state index is 8.54. The summed E-state index contributed by atoms with van der Waals surface area (Å²) in [4.78, 5) is 0. The smallest absolute Gasteiger partial charge is 0.173 e. The number of nitriles is 1. The van der Waals surface area contributed by atoms with Gasteiger partial charge >= 0.3 is 0 Å². The van der Waals surface area contributed by atoms with Crippen LogP contribution < -0.4 is 0 Å². The number of ether oxygens (including phenoxy) is 1. The van der Waals surface area contributed by atoms with Gasteiger partial charge in [-0.25, -0.2) is 0 Å². The van der Waals surface area contributed by atoms with Crippen LogP contribution in [0, 0.1) is 11.3 Å². The number of epoxide rings is 1. The molecule has 0 aromatic rings. The van der Waals surface area contributed by atoms with Gasteiger partial charge < -0.3 is 4.74 Å². The highest BCUT2D eigenvalue weighted by Gasteiger charge is 2.56. The topological polar surface area (TPSA) is 36.3 Å². The third-order valence-corrected chi connectivity index (χ3v) is 3.22. The Bertz CT molecular complexity index is 181. The molecule has 0 N–H and O–H groups in total. The van der Waals surface area contributed by atoms with E-state index in [1.54, 1.807) is 0 Å². The molecule has 1 unspecified atom stereocenters. The predicted molar refractivity (Wildman–Crippen MR) is 39.8 cm³/mol. The van der Waals surface area contributed by atoms with Crippen LogP contribution in [0.25, 0.3) is 0 Å². The summed E-state index contributed by atoms with van der Waals surface area (Å²) in [5.41, 5.74) is 0.0139. The maximum absolute atomic E-state index is 8.54. The van der Waals surface area contributed by atoms with Crippen LogP contribution in [-0.2, 0) is 4.74 Å². The third-order valence-electron chi connectivity index (χ3n) is 2.23. The molecule has 0 aromatic carbocycles. The minimum absolute atomic E-state index is 0.0139. The van der Waals surface area contributed by atoms with Crippen molar-refractivity contribution in [1.29, 1.82) is 5.26 Å². The van der Waals surface area contributed by atoms with E-state index >= 15 is 0 Å². The maximum Gasteiger partial charge on any atom is 0.173 e. The first-order valence-corrected chi connectivity index (χ1v) is 4.68. The molecule has 10 heavy (non-hydrogen) atoms. The Balaban J connectivity index is 1.99. The van der Waals surface area contributed by atoms with Crippen molar-refractivity contribution in [3.05, 3.63) is 0 Å². The third kappa shape index (κ3) is 0.834. The summed E-state index contributed by atoms with van der Waals surface area (Å²) in [7, 11) is 0. The van der Waals surface area contributed by atoms with E-state index in [-0.39, 0.29) is 11.7 Å². The van der Waals surface area contributed by atoms with Crippen molar-refractivity contribution in [2.75, 3.05) is 11.5 Å². The van der Waals surface area contributed by atoms with Crippen LogP contribution in [0.15, 0.2) is 0 Å². The standard InChI is InChI=1S/C7H9NOS/c8-5-6-7(9-6)1-3-10-4-2-7/h6H,1-4H2. The number of rotatable bonds is 0. The summed E-state index contributed by atoms with van der Waals surface area (Å²) < 4.78 is 5.32. The lowest BCUT2D eigenvalue weighted by atomic mass is 9.99. The molecule has 2 nitrogen and oxygen atoms in total. The van der Waals surface area contributed by atoms with E-state index in [2.05, 4.69) is 6.07 Å². The first-order valence-electron chi connectivity index (χ1n) is 3.53. The van der Waals surface area contributed by atoms with Gasteiger partial charge in [0.05, 0.1) is 6.07 Å². The van der Waals surface area contributed by atoms with E-state index < -0.39 is 0 Å². The van der Waals surface area contributed by atoms with E-state index in [1.807, 2.05) is 11.8 Å². The molecule has 2 aliphatic rings. The fourth-order valence-electron chi connectivity index (χ4n) is 1.44. The van der Waals surface area contributed by atoms with Crippen LogP contribution in [0.4, 0.5) is 0 Å². The summed E-state index contributed by atoms with van der Waals surface area (Å²) in [6.07, 6.45) is 2.08. The summed E-state index contributed by atoms with van der Waals surface area (Å²) in [6, 6.07) is 2.17. The van der Waals surface area contributed by atoms with Crippen molar-refractivity contribution in [2.45, 2.75) is 24.5 Å². The summed E-state index contributed by atoms with van der Waals surface area (Å²) in [5.74, 6) is 2.33. The minimum atomic E-state index is -0.0756. The lowest BCUT2D eigenvalue weighted by molar-refractivity contribution is 0.284. The highest BCUT2D eigenvalue weighted by atomic mass is 32.2. The van der Waals surface area contributed by atoms with Gasteiger partial charge in [-0.2, -0.15) is 17.0 Å². The molecule has 3 heteroatoms. The monoisotopic (exact) mass is 155 g/mol. The van der Waals surface area contributed by atoms with Gasteiger partial charge in [-0.1, -0.05) is 0 Å². The van der Waals surface area contributed by atoms with Crippen molar-refractivity contribution in [2.24, 2.45) is 0 Å². The zero-order valence-electron chi connectivity index (χ0n) is 5.67. The summed E-state index contributed by atoms with van der Waals surface area (Å²) in [5, 5.41) is 8.54. The molecule has 0 aliphatic carbocycles. The second-order valence-electron chi connectivity index (χ2n) is 2.80. The molecule has 2 rings (SSSR count). The van der Waals surface area contributed by atoms with Crippen LogP contribution in [-0.4, -0.2) is 23.2 Å². The van der Waals surface area contributed by atoms with Gasteiger partial charge in [0.25, 0.3) is 0 Å². The fraction of sp³-hybridized carbons (Fsp3) is 0.857. The minimum Gasteiger partial charge on any atom is -0.350 e. The van der Waals surface area contributed by atoms with Crippen LogP contribution in [0.5, 0.6) is 0 Å². The molecule has 2 aliphatic heterocycles. The Kier molecular flexibility index (Phi) is 1.40. The molecule has 0 amide bonds. The zero-order valence-corrected chi connectivity index (χ0v) is 6.49. The van der Waals surface area contributed by atoms with Crippen LogP contribution in [0.1, 0.15) is 12.8 Å². The summed E-state index contributed by atoms with van der Waals surface area (Å²) in [6.45, 7) is 0. The Morgan fingerprint density at radius 2 is 2.20 bits per heavy atom. The molecule has 1 spiro atoms. The molecule has 0 radical (unpaired) electrons. The summed E-state index contributed by atoms with van der Waals surface area (Å²) >= 11 is 1.96.